The summed E-state index contributed by atoms with van der Waals surface area (Å²) in [7, 11) is 1.61. The molecular formula is C12H16N4O3S. The molecule has 0 fully saturated rings. The predicted octanol–water partition coefficient (Wildman–Crippen LogP) is 1.13. The Kier molecular flexibility index (Phi) is 4.78. The van der Waals surface area contributed by atoms with E-state index in [0.717, 1.165) is 19.1 Å². The van der Waals surface area contributed by atoms with Gasteiger partial charge in [-0.25, -0.2) is 4.98 Å². The van der Waals surface area contributed by atoms with Gasteiger partial charge < -0.3 is 9.53 Å². The number of hydrogen-bond donors (Lipinski definition) is 1. The number of ether oxygens (including phenoxy) is 1. The first-order chi connectivity index (χ1) is 9.67. The number of thioether (sulfide) groups is 1. The van der Waals surface area contributed by atoms with Crippen LogP contribution in [0.1, 0.15) is 19.8 Å². The van der Waals surface area contributed by atoms with E-state index < -0.39 is 0 Å². The van der Waals surface area contributed by atoms with Crippen molar-refractivity contribution in [3.8, 4) is 5.88 Å². The first-order valence-electron chi connectivity index (χ1n) is 6.33. The van der Waals surface area contributed by atoms with E-state index >= 15 is 0 Å². The Bertz CT molecular complexity index is 665. The molecular weight excluding hydrogens is 280 g/mol. The van der Waals surface area contributed by atoms with Crippen LogP contribution in [0.3, 0.4) is 0 Å². The minimum absolute atomic E-state index is 0.240. The van der Waals surface area contributed by atoms with Crippen LogP contribution in [-0.2, 0) is 11.8 Å². The predicted molar refractivity (Wildman–Crippen MR) is 76.3 cm³/mol. The van der Waals surface area contributed by atoms with Gasteiger partial charge in [-0.15, -0.1) is 0 Å². The number of rotatable bonds is 7. The van der Waals surface area contributed by atoms with Crippen molar-refractivity contribution in [3.63, 3.8) is 0 Å². The third-order valence-electron chi connectivity index (χ3n) is 2.66. The van der Waals surface area contributed by atoms with Gasteiger partial charge in [0.1, 0.15) is 11.8 Å². The van der Waals surface area contributed by atoms with Crippen LogP contribution in [0.2, 0.25) is 0 Å². The van der Waals surface area contributed by atoms with Gasteiger partial charge in [0.25, 0.3) is 5.56 Å². The van der Waals surface area contributed by atoms with Crippen LogP contribution in [0.5, 0.6) is 5.88 Å². The second-order valence-electron chi connectivity index (χ2n) is 4.19. The van der Waals surface area contributed by atoms with E-state index in [9.17, 15) is 9.59 Å². The van der Waals surface area contributed by atoms with Gasteiger partial charge in [0.2, 0.25) is 5.88 Å². The number of carbonyl (C=O) groups is 1. The van der Waals surface area contributed by atoms with Crippen LogP contribution in [0.25, 0.3) is 11.0 Å². The summed E-state index contributed by atoms with van der Waals surface area (Å²) in [4.78, 5) is 30.8. The molecule has 1 N–H and O–H groups in total. The number of unbranched alkanes of at least 4 members (excludes halogenated alkanes) is 1. The maximum Gasteiger partial charge on any atom is 0.293 e. The van der Waals surface area contributed by atoms with Crippen LogP contribution >= 0.6 is 11.8 Å². The highest BCUT2D eigenvalue weighted by Gasteiger charge is 2.15. The van der Waals surface area contributed by atoms with Gasteiger partial charge in [0.15, 0.2) is 10.7 Å². The number of carbonyl (C=O) groups excluding carboxylic acids is 1. The maximum atomic E-state index is 11.9. The largest absolute Gasteiger partial charge is 0.476 e. The topological polar surface area (TPSA) is 89.9 Å². The zero-order valence-electron chi connectivity index (χ0n) is 11.4. The molecule has 108 valence electrons. The Morgan fingerprint density at radius 3 is 2.95 bits per heavy atom. The Labute approximate surface area is 119 Å². The molecule has 2 rings (SSSR count). The molecule has 0 unspecified atom stereocenters. The van der Waals surface area contributed by atoms with Crippen molar-refractivity contribution in [1.82, 2.24) is 19.7 Å². The van der Waals surface area contributed by atoms with Crippen molar-refractivity contribution in [1.29, 1.82) is 0 Å². The quantitative estimate of drug-likeness (QED) is 0.356. The monoisotopic (exact) mass is 296 g/mol. The fraction of sp³-hybridized carbons (Fsp3) is 0.500. The second kappa shape index (κ2) is 6.56. The number of nitrogens with zero attached hydrogens (tertiary/aromatic N) is 3. The number of nitrogens with one attached hydrogen (secondary N) is 1. The number of aromatic nitrogens is 4. The molecule has 0 atom stereocenters. The van der Waals surface area contributed by atoms with E-state index in [0.29, 0.717) is 23.2 Å². The summed E-state index contributed by atoms with van der Waals surface area (Å²) < 4.78 is 6.95. The molecule has 0 aliphatic rings. The van der Waals surface area contributed by atoms with Crippen molar-refractivity contribution < 1.29 is 9.53 Å². The Balaban J connectivity index is 2.42. The van der Waals surface area contributed by atoms with Crippen molar-refractivity contribution in [2.75, 3.05) is 12.4 Å². The molecule has 8 heteroatoms. The van der Waals surface area contributed by atoms with Gasteiger partial charge in [-0.2, -0.15) is 4.98 Å². The minimum atomic E-state index is -0.240. The summed E-state index contributed by atoms with van der Waals surface area (Å²) in [5.41, 5.74) is 0.530. The summed E-state index contributed by atoms with van der Waals surface area (Å²) in [5.74, 6) is 0.597. The molecule has 2 aromatic rings. The molecule has 20 heavy (non-hydrogen) atoms. The zero-order chi connectivity index (χ0) is 14.5. The van der Waals surface area contributed by atoms with E-state index in [4.69, 9.17) is 4.74 Å². The van der Waals surface area contributed by atoms with E-state index in [2.05, 4.69) is 22.0 Å². The van der Waals surface area contributed by atoms with Gasteiger partial charge >= 0.3 is 0 Å². The van der Waals surface area contributed by atoms with Crippen molar-refractivity contribution >= 4 is 29.1 Å². The van der Waals surface area contributed by atoms with Gasteiger partial charge in [0, 0.05) is 7.05 Å². The highest BCUT2D eigenvalue weighted by molar-refractivity contribution is 7.99. The van der Waals surface area contributed by atoms with E-state index in [1.165, 1.54) is 16.4 Å². The molecule has 0 aliphatic heterocycles. The lowest BCUT2D eigenvalue weighted by molar-refractivity contribution is -0.105. The van der Waals surface area contributed by atoms with Gasteiger partial charge in [0.05, 0.1) is 12.4 Å². The number of aryl methyl sites for hydroxylation is 1. The molecule has 0 bridgehead atoms. The molecule has 0 spiro atoms. The smallest absolute Gasteiger partial charge is 0.293 e. The first-order valence-corrected chi connectivity index (χ1v) is 7.32. The summed E-state index contributed by atoms with van der Waals surface area (Å²) >= 11 is 1.17. The zero-order valence-corrected chi connectivity index (χ0v) is 12.2. The molecule has 2 heterocycles. The van der Waals surface area contributed by atoms with Crippen LogP contribution < -0.4 is 10.3 Å². The van der Waals surface area contributed by atoms with Crippen LogP contribution in [0.4, 0.5) is 0 Å². The molecule has 0 aromatic carbocycles. The van der Waals surface area contributed by atoms with Crippen molar-refractivity contribution in [2.45, 2.75) is 24.9 Å². The lowest BCUT2D eigenvalue weighted by Gasteiger charge is -2.06. The third-order valence-corrected chi connectivity index (χ3v) is 3.40. The molecule has 0 saturated carbocycles. The molecule has 0 amide bonds. The Morgan fingerprint density at radius 2 is 2.25 bits per heavy atom. The molecule has 2 aromatic heterocycles. The average molecular weight is 296 g/mol. The van der Waals surface area contributed by atoms with Crippen molar-refractivity contribution in [3.05, 3.63) is 10.4 Å². The standard InChI is InChI=1S/C12H16N4O3S/c1-3-4-6-19-10-8-9(11(18)16(2)15-8)13-12(14-10)20-7-5-17/h5,15H,3-4,6-7H2,1-2H3. The SMILES string of the molecule is CCCCOc1nc(SCC=O)nc2c(=O)n(C)[nH]c12. The summed E-state index contributed by atoms with van der Waals surface area (Å²) in [6.45, 7) is 2.59. The fourth-order valence-electron chi connectivity index (χ4n) is 1.64. The second-order valence-corrected chi connectivity index (χ2v) is 5.18. The fourth-order valence-corrected chi connectivity index (χ4v) is 2.16. The van der Waals surface area contributed by atoms with Gasteiger partial charge in [-0.05, 0) is 6.42 Å². The van der Waals surface area contributed by atoms with Crippen molar-refractivity contribution in [2.24, 2.45) is 7.05 Å². The Morgan fingerprint density at radius 1 is 1.45 bits per heavy atom. The summed E-state index contributed by atoms with van der Waals surface area (Å²) in [6, 6.07) is 0. The molecule has 0 aliphatic carbocycles. The van der Waals surface area contributed by atoms with Crippen LogP contribution in [-0.4, -0.2) is 38.4 Å². The lowest BCUT2D eigenvalue weighted by Crippen LogP contribution is -2.12. The third kappa shape index (κ3) is 3.01. The Hall–Kier alpha value is -1.83. The van der Waals surface area contributed by atoms with E-state index in [1.54, 1.807) is 7.05 Å². The maximum absolute atomic E-state index is 11.9. The highest BCUT2D eigenvalue weighted by Crippen LogP contribution is 2.22. The number of aromatic amines is 1. The average Bonchev–Trinajstić information content (AvgIpc) is 2.73. The first kappa shape index (κ1) is 14.6. The molecule has 7 nitrogen and oxygen atoms in total. The van der Waals surface area contributed by atoms with E-state index in [-0.39, 0.29) is 16.8 Å². The van der Waals surface area contributed by atoms with E-state index in [1.807, 2.05) is 0 Å². The van der Waals surface area contributed by atoms with Crippen LogP contribution in [0, 0.1) is 0 Å². The lowest BCUT2D eigenvalue weighted by atomic mass is 10.4. The summed E-state index contributed by atoms with van der Waals surface area (Å²) in [5, 5.41) is 3.25. The van der Waals surface area contributed by atoms with Crippen LogP contribution in [0.15, 0.2) is 9.95 Å². The number of H-pyrrole nitrogens is 1. The normalized spacial score (nSPS) is 10.9. The molecule has 0 saturated heterocycles. The number of fused-ring (bicyclic) bond motifs is 1. The van der Waals surface area contributed by atoms with Gasteiger partial charge in [-0.1, -0.05) is 25.1 Å². The van der Waals surface area contributed by atoms with Gasteiger partial charge in [-0.3, -0.25) is 14.6 Å². The number of hydrogen-bond acceptors (Lipinski definition) is 6. The highest BCUT2D eigenvalue weighted by atomic mass is 32.2. The number of aldehydes is 1. The minimum Gasteiger partial charge on any atom is -0.476 e. The molecule has 0 radical (unpaired) electrons. The summed E-state index contributed by atoms with van der Waals surface area (Å²) in [6.07, 6.45) is 2.68.